The fourth-order valence-corrected chi connectivity index (χ4v) is 4.93. The largest absolute Gasteiger partial charge is 0.357 e. The Morgan fingerprint density at radius 3 is 2.50 bits per heavy atom. The van der Waals surface area contributed by atoms with E-state index in [-0.39, 0.29) is 35.8 Å². The number of rotatable bonds is 10. The molecular weight excluding hydrogens is 511 g/mol. The van der Waals surface area contributed by atoms with Crippen molar-refractivity contribution in [3.8, 4) is 0 Å². The normalized spacial score (nSPS) is 14.8. The number of hydrogen-bond donors (Lipinski definition) is 3. The summed E-state index contributed by atoms with van der Waals surface area (Å²) in [5.41, 5.74) is 3.24. The standard InChI is InChI=1S/C22H36N4O2S.HI/c1-4-23-22(24-15-14-19-10-6-5-7-11-19)25-16-20-12-8-9-13-21(20)17-29(27,28)26-18(2)3;/h8-10,12-13,18,26H,4-7,11,14-17H2,1-3H3,(H2,23,24,25);1H. The van der Waals surface area contributed by atoms with E-state index >= 15 is 0 Å². The third-order valence-electron chi connectivity index (χ3n) is 4.75. The highest BCUT2D eigenvalue weighted by molar-refractivity contribution is 14.0. The van der Waals surface area contributed by atoms with Crippen molar-refractivity contribution in [2.75, 3.05) is 13.1 Å². The molecule has 1 aliphatic rings. The summed E-state index contributed by atoms with van der Waals surface area (Å²) in [6.45, 7) is 7.76. The molecule has 0 aromatic heterocycles. The summed E-state index contributed by atoms with van der Waals surface area (Å²) < 4.78 is 27.3. The molecule has 1 aliphatic carbocycles. The Morgan fingerprint density at radius 1 is 1.13 bits per heavy atom. The molecule has 0 aliphatic heterocycles. The van der Waals surface area contributed by atoms with E-state index in [2.05, 4.69) is 26.4 Å². The van der Waals surface area contributed by atoms with Gasteiger partial charge in [-0.25, -0.2) is 18.1 Å². The van der Waals surface area contributed by atoms with Crippen LogP contribution >= 0.6 is 24.0 Å². The number of benzene rings is 1. The summed E-state index contributed by atoms with van der Waals surface area (Å²) in [5.74, 6) is 0.733. The van der Waals surface area contributed by atoms with Gasteiger partial charge in [-0.05, 0) is 64.0 Å². The molecule has 0 radical (unpaired) electrons. The number of allylic oxidation sites excluding steroid dienone is 1. The van der Waals surface area contributed by atoms with E-state index in [1.807, 2.05) is 45.0 Å². The van der Waals surface area contributed by atoms with Crippen LogP contribution < -0.4 is 15.4 Å². The third kappa shape index (κ3) is 10.3. The fourth-order valence-electron chi connectivity index (χ4n) is 3.44. The van der Waals surface area contributed by atoms with Crippen LogP contribution in [-0.4, -0.2) is 33.5 Å². The van der Waals surface area contributed by atoms with Crippen molar-refractivity contribution < 1.29 is 8.42 Å². The highest BCUT2D eigenvalue weighted by atomic mass is 127. The highest BCUT2D eigenvalue weighted by Gasteiger charge is 2.15. The average molecular weight is 549 g/mol. The first kappa shape index (κ1) is 26.9. The molecule has 0 atom stereocenters. The van der Waals surface area contributed by atoms with Crippen LogP contribution in [0.2, 0.25) is 0 Å². The smallest absolute Gasteiger partial charge is 0.216 e. The number of nitrogens with zero attached hydrogens (tertiary/aromatic N) is 1. The zero-order valence-electron chi connectivity index (χ0n) is 18.4. The first-order valence-electron chi connectivity index (χ1n) is 10.7. The van der Waals surface area contributed by atoms with Crippen LogP contribution in [0.25, 0.3) is 0 Å². The third-order valence-corrected chi connectivity index (χ3v) is 6.28. The van der Waals surface area contributed by atoms with Crippen LogP contribution in [0.4, 0.5) is 0 Å². The minimum atomic E-state index is -3.37. The second-order valence-corrected chi connectivity index (χ2v) is 9.53. The van der Waals surface area contributed by atoms with Gasteiger partial charge < -0.3 is 10.6 Å². The van der Waals surface area contributed by atoms with E-state index in [1.54, 1.807) is 0 Å². The van der Waals surface area contributed by atoms with Gasteiger partial charge in [0.2, 0.25) is 10.0 Å². The Kier molecular flexibility index (Phi) is 12.6. The van der Waals surface area contributed by atoms with Crippen LogP contribution in [0.1, 0.15) is 64.0 Å². The van der Waals surface area contributed by atoms with E-state index in [0.717, 1.165) is 36.6 Å². The van der Waals surface area contributed by atoms with Crippen molar-refractivity contribution in [1.82, 2.24) is 15.4 Å². The van der Waals surface area contributed by atoms with Gasteiger partial charge in [-0.3, -0.25) is 0 Å². The molecule has 0 bridgehead atoms. The predicted molar refractivity (Wildman–Crippen MR) is 137 cm³/mol. The van der Waals surface area contributed by atoms with Crippen LogP contribution in [0.3, 0.4) is 0 Å². The molecule has 0 spiro atoms. The van der Waals surface area contributed by atoms with Crippen molar-refractivity contribution in [1.29, 1.82) is 0 Å². The molecule has 6 nitrogen and oxygen atoms in total. The lowest BCUT2D eigenvalue weighted by Gasteiger charge is -2.15. The zero-order chi connectivity index (χ0) is 21.1. The molecule has 30 heavy (non-hydrogen) atoms. The van der Waals surface area contributed by atoms with Crippen molar-refractivity contribution in [2.45, 2.75) is 71.2 Å². The van der Waals surface area contributed by atoms with Gasteiger partial charge in [0.15, 0.2) is 5.96 Å². The molecule has 2 rings (SSSR count). The summed E-state index contributed by atoms with van der Waals surface area (Å²) in [7, 11) is -3.37. The van der Waals surface area contributed by atoms with Gasteiger partial charge in [-0.1, -0.05) is 35.9 Å². The van der Waals surface area contributed by atoms with E-state index in [0.29, 0.717) is 6.54 Å². The SMILES string of the molecule is CCNC(=NCc1ccccc1CS(=O)(=O)NC(C)C)NCCC1=CCCCC1.I. The number of guanidine groups is 1. The van der Waals surface area contributed by atoms with Crippen molar-refractivity contribution in [3.63, 3.8) is 0 Å². The summed E-state index contributed by atoms with van der Waals surface area (Å²) in [6.07, 6.45) is 8.43. The van der Waals surface area contributed by atoms with Gasteiger partial charge >= 0.3 is 0 Å². The maximum atomic E-state index is 12.3. The van der Waals surface area contributed by atoms with Crippen LogP contribution in [-0.2, 0) is 22.3 Å². The van der Waals surface area contributed by atoms with Gasteiger partial charge in [0.1, 0.15) is 0 Å². The van der Waals surface area contributed by atoms with Crippen molar-refractivity contribution >= 4 is 40.0 Å². The molecule has 0 fully saturated rings. The molecule has 0 saturated carbocycles. The summed E-state index contributed by atoms with van der Waals surface area (Å²) >= 11 is 0. The Hall–Kier alpha value is -1.13. The number of sulfonamides is 1. The summed E-state index contributed by atoms with van der Waals surface area (Å²) in [6, 6.07) is 7.48. The fraction of sp³-hybridized carbons (Fsp3) is 0.591. The molecule has 8 heteroatoms. The lowest BCUT2D eigenvalue weighted by molar-refractivity contribution is 0.569. The molecule has 0 amide bonds. The predicted octanol–water partition coefficient (Wildman–Crippen LogP) is 4.08. The van der Waals surface area contributed by atoms with Gasteiger partial charge in [-0.15, -0.1) is 24.0 Å². The van der Waals surface area contributed by atoms with Crippen LogP contribution in [0.5, 0.6) is 0 Å². The minimum absolute atomic E-state index is 0. The van der Waals surface area contributed by atoms with E-state index in [4.69, 9.17) is 0 Å². The number of nitrogens with one attached hydrogen (secondary N) is 3. The first-order valence-corrected chi connectivity index (χ1v) is 12.3. The molecule has 0 saturated heterocycles. The maximum Gasteiger partial charge on any atom is 0.216 e. The molecule has 170 valence electrons. The topological polar surface area (TPSA) is 82.6 Å². The average Bonchev–Trinajstić information content (AvgIpc) is 2.66. The molecule has 0 heterocycles. The van der Waals surface area contributed by atoms with Crippen molar-refractivity contribution in [2.24, 2.45) is 4.99 Å². The zero-order valence-corrected chi connectivity index (χ0v) is 21.6. The van der Waals surface area contributed by atoms with Gasteiger partial charge in [-0.2, -0.15) is 0 Å². The first-order chi connectivity index (χ1) is 13.9. The molecular formula is C22H37IN4O2S. The van der Waals surface area contributed by atoms with E-state index in [9.17, 15) is 8.42 Å². The Balaban J connectivity index is 0.00000450. The van der Waals surface area contributed by atoms with Gasteiger partial charge in [0.05, 0.1) is 12.3 Å². The number of aliphatic imine (C=N–C) groups is 1. The van der Waals surface area contributed by atoms with E-state index < -0.39 is 10.0 Å². The lowest BCUT2D eigenvalue weighted by atomic mass is 9.97. The van der Waals surface area contributed by atoms with Crippen LogP contribution in [0, 0.1) is 0 Å². The number of halogens is 1. The second kappa shape index (κ2) is 14.0. The molecule has 3 N–H and O–H groups in total. The highest BCUT2D eigenvalue weighted by Crippen LogP contribution is 2.19. The quantitative estimate of drug-likeness (QED) is 0.178. The van der Waals surface area contributed by atoms with Crippen molar-refractivity contribution in [3.05, 3.63) is 47.0 Å². The van der Waals surface area contributed by atoms with Gasteiger partial charge in [0, 0.05) is 19.1 Å². The minimum Gasteiger partial charge on any atom is -0.357 e. The van der Waals surface area contributed by atoms with Crippen LogP contribution in [0.15, 0.2) is 40.9 Å². The maximum absolute atomic E-state index is 12.3. The summed E-state index contributed by atoms with van der Waals surface area (Å²) in [4.78, 5) is 4.68. The van der Waals surface area contributed by atoms with Gasteiger partial charge in [0.25, 0.3) is 0 Å². The second-order valence-electron chi connectivity index (χ2n) is 7.78. The lowest BCUT2D eigenvalue weighted by Crippen LogP contribution is -2.38. The molecule has 1 aromatic carbocycles. The monoisotopic (exact) mass is 548 g/mol. The Morgan fingerprint density at radius 2 is 1.87 bits per heavy atom. The Labute approximate surface area is 199 Å². The summed E-state index contributed by atoms with van der Waals surface area (Å²) in [5, 5.41) is 6.67. The molecule has 1 aromatic rings. The number of hydrogen-bond acceptors (Lipinski definition) is 3. The molecule has 0 unspecified atom stereocenters. The van der Waals surface area contributed by atoms with E-state index in [1.165, 1.54) is 31.3 Å². The Bertz CT molecular complexity index is 807.